The van der Waals surface area contributed by atoms with Gasteiger partial charge in [0.2, 0.25) is 5.91 Å². The summed E-state index contributed by atoms with van der Waals surface area (Å²) < 4.78 is 5.35. The second-order valence-corrected chi connectivity index (χ2v) is 4.92. The highest BCUT2D eigenvalue weighted by Crippen LogP contribution is 2.15. The molecule has 1 aliphatic heterocycles. The lowest BCUT2D eigenvalue weighted by atomic mass is 10.2. The Balaban J connectivity index is 1.53. The van der Waals surface area contributed by atoms with Crippen molar-refractivity contribution in [3.8, 4) is 0 Å². The van der Waals surface area contributed by atoms with E-state index in [1.165, 1.54) is 5.39 Å². The fourth-order valence-electron chi connectivity index (χ4n) is 2.49. The zero-order valence-electron chi connectivity index (χ0n) is 10.8. The summed E-state index contributed by atoms with van der Waals surface area (Å²) in [6.45, 7) is 1.35. The van der Waals surface area contributed by atoms with Gasteiger partial charge in [-0.3, -0.25) is 4.79 Å². The first kappa shape index (κ1) is 12.2. The number of fused-ring (bicyclic) bond motifs is 1. The highest BCUT2D eigenvalue weighted by atomic mass is 16.5. The molecule has 1 aromatic heterocycles. The van der Waals surface area contributed by atoms with Crippen LogP contribution in [0, 0.1) is 0 Å². The summed E-state index contributed by atoms with van der Waals surface area (Å²) in [5.74, 6) is 0.0219. The van der Waals surface area contributed by atoms with E-state index < -0.39 is 0 Å². The van der Waals surface area contributed by atoms with Crippen molar-refractivity contribution in [3.63, 3.8) is 0 Å². The Labute approximate surface area is 112 Å². The van der Waals surface area contributed by atoms with Crippen LogP contribution >= 0.6 is 0 Å². The quantitative estimate of drug-likeness (QED) is 0.881. The number of H-pyrrole nitrogens is 1. The Bertz CT molecular complexity index is 537. The lowest BCUT2D eigenvalue weighted by Gasteiger charge is -2.09. The first-order valence-corrected chi connectivity index (χ1v) is 6.79. The Hall–Kier alpha value is -1.81. The first-order valence-electron chi connectivity index (χ1n) is 6.79. The number of benzene rings is 1. The third-order valence-electron chi connectivity index (χ3n) is 3.50. The first-order chi connectivity index (χ1) is 9.33. The highest BCUT2D eigenvalue weighted by Gasteiger charge is 2.22. The third-order valence-corrected chi connectivity index (χ3v) is 3.50. The average molecular weight is 258 g/mol. The maximum atomic E-state index is 11.8. The zero-order valence-corrected chi connectivity index (χ0v) is 10.8. The van der Waals surface area contributed by atoms with Gasteiger partial charge in [-0.05, 0) is 30.4 Å². The molecule has 0 saturated carbocycles. The van der Waals surface area contributed by atoms with E-state index in [1.807, 2.05) is 12.1 Å². The summed E-state index contributed by atoms with van der Waals surface area (Å²) in [6, 6.07) is 10.3. The van der Waals surface area contributed by atoms with Crippen molar-refractivity contribution in [2.45, 2.75) is 25.4 Å². The van der Waals surface area contributed by atoms with E-state index in [0.717, 1.165) is 30.5 Å². The number of hydrogen-bond acceptors (Lipinski definition) is 2. The normalized spacial score (nSPS) is 18.8. The van der Waals surface area contributed by atoms with E-state index in [2.05, 4.69) is 28.5 Å². The Kier molecular flexibility index (Phi) is 3.51. The molecular weight excluding hydrogens is 240 g/mol. The maximum absolute atomic E-state index is 11.8. The Morgan fingerprint density at radius 3 is 3.11 bits per heavy atom. The van der Waals surface area contributed by atoms with Crippen LogP contribution in [0.25, 0.3) is 10.9 Å². The van der Waals surface area contributed by atoms with Crippen LogP contribution in [0.4, 0.5) is 0 Å². The minimum absolute atomic E-state index is 0.0219. The maximum Gasteiger partial charge on any atom is 0.249 e. The number of aromatic amines is 1. The molecule has 3 rings (SSSR count). The molecule has 0 bridgehead atoms. The van der Waals surface area contributed by atoms with E-state index in [0.29, 0.717) is 13.2 Å². The van der Waals surface area contributed by atoms with Crippen molar-refractivity contribution < 1.29 is 9.53 Å². The largest absolute Gasteiger partial charge is 0.368 e. The van der Waals surface area contributed by atoms with Gasteiger partial charge in [-0.2, -0.15) is 0 Å². The minimum atomic E-state index is -0.234. The van der Waals surface area contributed by atoms with Crippen LogP contribution < -0.4 is 5.32 Å². The molecule has 2 aromatic rings. The molecule has 4 nitrogen and oxygen atoms in total. The number of carbonyl (C=O) groups excluding carboxylic acids is 1. The average Bonchev–Trinajstić information content (AvgIpc) is 3.07. The fraction of sp³-hybridized carbons (Fsp3) is 0.400. The molecule has 4 heteroatoms. The summed E-state index contributed by atoms with van der Waals surface area (Å²) in [7, 11) is 0. The van der Waals surface area contributed by atoms with Crippen molar-refractivity contribution in [2.24, 2.45) is 0 Å². The van der Waals surface area contributed by atoms with Gasteiger partial charge in [0.25, 0.3) is 0 Å². The summed E-state index contributed by atoms with van der Waals surface area (Å²) in [5, 5.41) is 4.14. The lowest BCUT2D eigenvalue weighted by Crippen LogP contribution is -2.35. The van der Waals surface area contributed by atoms with E-state index in [1.54, 1.807) is 0 Å². The van der Waals surface area contributed by atoms with E-state index in [-0.39, 0.29) is 12.0 Å². The van der Waals surface area contributed by atoms with Crippen LogP contribution in [-0.2, 0) is 16.0 Å². The molecule has 1 amide bonds. The molecule has 1 atom stereocenters. The Morgan fingerprint density at radius 1 is 1.42 bits per heavy atom. The molecule has 1 saturated heterocycles. The van der Waals surface area contributed by atoms with Gasteiger partial charge in [-0.1, -0.05) is 18.2 Å². The van der Waals surface area contributed by atoms with E-state index >= 15 is 0 Å². The van der Waals surface area contributed by atoms with Crippen molar-refractivity contribution in [1.29, 1.82) is 0 Å². The van der Waals surface area contributed by atoms with Crippen LogP contribution in [0.5, 0.6) is 0 Å². The lowest BCUT2D eigenvalue weighted by molar-refractivity contribution is -0.129. The second kappa shape index (κ2) is 5.45. The number of hydrogen-bond donors (Lipinski definition) is 2. The number of amides is 1. The molecule has 19 heavy (non-hydrogen) atoms. The molecule has 1 aromatic carbocycles. The zero-order chi connectivity index (χ0) is 13.1. The third kappa shape index (κ3) is 2.79. The van der Waals surface area contributed by atoms with E-state index in [9.17, 15) is 4.79 Å². The van der Waals surface area contributed by atoms with Gasteiger partial charge in [-0.25, -0.2) is 0 Å². The predicted molar refractivity (Wildman–Crippen MR) is 74.0 cm³/mol. The molecule has 1 aliphatic rings. The van der Waals surface area contributed by atoms with Gasteiger partial charge in [0.15, 0.2) is 0 Å². The van der Waals surface area contributed by atoms with Gasteiger partial charge >= 0.3 is 0 Å². The van der Waals surface area contributed by atoms with Crippen molar-refractivity contribution >= 4 is 16.8 Å². The van der Waals surface area contributed by atoms with E-state index in [4.69, 9.17) is 4.74 Å². The number of aromatic nitrogens is 1. The summed E-state index contributed by atoms with van der Waals surface area (Å²) in [4.78, 5) is 15.1. The number of ether oxygens (including phenoxy) is 1. The SMILES string of the molecule is O=C(NCCc1cc2ccccc2[nH]1)C1CCCO1. The topological polar surface area (TPSA) is 54.1 Å². The summed E-state index contributed by atoms with van der Waals surface area (Å²) >= 11 is 0. The molecule has 0 aliphatic carbocycles. The van der Waals surface area contributed by atoms with Gasteiger partial charge < -0.3 is 15.0 Å². The number of nitrogens with one attached hydrogen (secondary N) is 2. The molecule has 100 valence electrons. The van der Waals surface area contributed by atoms with Crippen LogP contribution in [0.1, 0.15) is 18.5 Å². The molecule has 1 fully saturated rings. The standard InChI is InChI=1S/C15H18N2O2/c18-15(14-6-3-9-19-14)16-8-7-12-10-11-4-1-2-5-13(11)17-12/h1-2,4-5,10,14,17H,3,6-9H2,(H,16,18). The molecule has 0 radical (unpaired) electrons. The fourth-order valence-corrected chi connectivity index (χ4v) is 2.49. The van der Waals surface area contributed by atoms with Gasteiger partial charge in [0.05, 0.1) is 0 Å². The van der Waals surface area contributed by atoms with Gasteiger partial charge in [0.1, 0.15) is 6.10 Å². The van der Waals surface area contributed by atoms with Crippen molar-refractivity contribution in [2.75, 3.05) is 13.2 Å². The molecule has 1 unspecified atom stereocenters. The van der Waals surface area contributed by atoms with Gasteiger partial charge in [0, 0.05) is 30.8 Å². The van der Waals surface area contributed by atoms with Crippen LogP contribution in [-0.4, -0.2) is 30.1 Å². The molecule has 0 spiro atoms. The molecule has 2 N–H and O–H groups in total. The summed E-state index contributed by atoms with van der Waals surface area (Å²) in [5.41, 5.74) is 2.29. The number of rotatable bonds is 4. The predicted octanol–water partition coefficient (Wildman–Crippen LogP) is 2.01. The number of carbonyl (C=O) groups is 1. The van der Waals surface area contributed by atoms with Crippen LogP contribution in [0.15, 0.2) is 30.3 Å². The second-order valence-electron chi connectivity index (χ2n) is 4.92. The monoisotopic (exact) mass is 258 g/mol. The smallest absolute Gasteiger partial charge is 0.249 e. The molecule has 2 heterocycles. The van der Waals surface area contributed by atoms with Crippen molar-refractivity contribution in [3.05, 3.63) is 36.0 Å². The van der Waals surface area contributed by atoms with Crippen LogP contribution in [0.3, 0.4) is 0 Å². The van der Waals surface area contributed by atoms with Crippen LogP contribution in [0.2, 0.25) is 0 Å². The van der Waals surface area contributed by atoms with Crippen molar-refractivity contribution in [1.82, 2.24) is 10.3 Å². The molecular formula is C15H18N2O2. The Morgan fingerprint density at radius 2 is 2.32 bits per heavy atom. The van der Waals surface area contributed by atoms with Gasteiger partial charge in [-0.15, -0.1) is 0 Å². The highest BCUT2D eigenvalue weighted by molar-refractivity contribution is 5.81. The number of para-hydroxylation sites is 1. The summed E-state index contributed by atoms with van der Waals surface area (Å²) in [6.07, 6.45) is 2.41. The minimum Gasteiger partial charge on any atom is -0.368 e.